The molecule has 0 amide bonds. The second-order valence-electron chi connectivity index (χ2n) is 7.65. The van der Waals surface area contributed by atoms with Crippen LogP contribution >= 0.6 is 0 Å². The van der Waals surface area contributed by atoms with E-state index in [0.717, 1.165) is 48.5 Å². The van der Waals surface area contributed by atoms with Crippen LogP contribution in [0.4, 0.5) is 17.6 Å². The average Bonchev–Trinajstić information content (AvgIpc) is 2.83. The van der Waals surface area contributed by atoms with Gasteiger partial charge in [-0.2, -0.15) is 4.73 Å². The Labute approximate surface area is 201 Å². The molecular formula is C24H10F4N2O7. The third-order valence-electron chi connectivity index (χ3n) is 5.20. The van der Waals surface area contributed by atoms with Crippen molar-refractivity contribution in [3.05, 3.63) is 97.5 Å². The minimum atomic E-state index is -1.11. The second-order valence-corrected chi connectivity index (χ2v) is 7.65. The Morgan fingerprint density at radius 3 is 1.97 bits per heavy atom. The van der Waals surface area contributed by atoms with Gasteiger partial charge in [0.1, 0.15) is 11.2 Å². The van der Waals surface area contributed by atoms with Crippen LogP contribution in [-0.2, 0) is 0 Å². The lowest BCUT2D eigenvalue weighted by molar-refractivity contribution is -0.566. The monoisotopic (exact) mass is 514 g/mol. The number of phenolic OH excluding ortho intramolecular Hbond substituents is 2. The van der Waals surface area contributed by atoms with Crippen LogP contribution in [0.1, 0.15) is 0 Å². The van der Waals surface area contributed by atoms with E-state index in [4.69, 9.17) is 8.83 Å². The molecule has 2 aliphatic carbocycles. The second kappa shape index (κ2) is 8.48. The molecule has 6 rings (SSSR count). The van der Waals surface area contributed by atoms with Gasteiger partial charge < -0.3 is 24.3 Å². The summed E-state index contributed by atoms with van der Waals surface area (Å²) in [5, 5.41) is 30.4. The molecule has 0 atom stereocenters. The Balaban J connectivity index is 0.000000152. The van der Waals surface area contributed by atoms with E-state index in [0.29, 0.717) is 0 Å². The van der Waals surface area contributed by atoms with Gasteiger partial charge >= 0.3 is 0 Å². The first-order valence-electron chi connectivity index (χ1n) is 10.1. The van der Waals surface area contributed by atoms with Gasteiger partial charge in [-0.1, -0.05) is 0 Å². The zero-order chi connectivity index (χ0) is 26.6. The number of hydrogen-bond acceptors (Lipinski definition) is 8. The van der Waals surface area contributed by atoms with E-state index in [9.17, 15) is 42.6 Å². The van der Waals surface area contributed by atoms with E-state index >= 15 is 0 Å². The first kappa shape index (κ1) is 23.5. The average molecular weight is 514 g/mol. The molecule has 2 heterocycles. The van der Waals surface area contributed by atoms with Crippen molar-refractivity contribution < 1.29 is 41.3 Å². The highest BCUT2D eigenvalue weighted by molar-refractivity contribution is 5.78. The highest BCUT2D eigenvalue weighted by atomic mass is 19.1. The minimum absolute atomic E-state index is 0.0694. The lowest BCUT2D eigenvalue weighted by Crippen LogP contribution is -2.32. The molecule has 0 aromatic heterocycles. The summed E-state index contributed by atoms with van der Waals surface area (Å²) >= 11 is 0. The summed E-state index contributed by atoms with van der Waals surface area (Å²) in [6.45, 7) is 0. The maximum atomic E-state index is 13.2. The topological polar surface area (TPSA) is 141 Å². The third-order valence-corrected chi connectivity index (χ3v) is 5.20. The number of halogens is 4. The normalized spacial score (nSPS) is 11.2. The molecule has 37 heavy (non-hydrogen) atoms. The van der Waals surface area contributed by atoms with Gasteiger partial charge in [-0.3, -0.25) is 9.59 Å². The number of hydrogen-bond donors (Lipinski definition) is 2. The summed E-state index contributed by atoms with van der Waals surface area (Å²) in [6, 6.07) is 7.11. The third kappa shape index (κ3) is 4.11. The van der Waals surface area contributed by atoms with Crippen molar-refractivity contribution in [3.8, 4) is 34.4 Å². The van der Waals surface area contributed by atoms with E-state index in [1.165, 1.54) is 0 Å². The molecule has 186 valence electrons. The van der Waals surface area contributed by atoms with Crippen molar-refractivity contribution in [2.75, 3.05) is 0 Å². The fraction of sp³-hybridized carbons (Fsp3) is 0. The largest absolute Gasteiger partial charge is 0.618 e. The predicted octanol–water partition coefficient (Wildman–Crippen LogP) is 3.79. The lowest BCUT2D eigenvalue weighted by atomic mass is 10.2. The molecule has 2 aromatic rings. The number of benzene rings is 4. The molecular weight excluding hydrogens is 504 g/mol. The highest BCUT2D eigenvalue weighted by Gasteiger charge is 2.23. The van der Waals surface area contributed by atoms with Crippen LogP contribution in [0.15, 0.2) is 67.0 Å². The zero-order valence-electron chi connectivity index (χ0n) is 18.0. The highest BCUT2D eigenvalue weighted by Crippen LogP contribution is 2.29. The fourth-order valence-electron chi connectivity index (χ4n) is 3.43. The number of aromatic hydroxyl groups is 2. The quantitative estimate of drug-likeness (QED) is 0.135. The number of nitrogens with zero attached hydrogens (tertiary/aromatic N) is 2. The van der Waals surface area contributed by atoms with E-state index in [2.05, 4.69) is 4.98 Å². The maximum absolute atomic E-state index is 13.2. The fourth-order valence-corrected chi connectivity index (χ4v) is 3.43. The van der Waals surface area contributed by atoms with Gasteiger partial charge in [0.2, 0.25) is 22.2 Å². The van der Waals surface area contributed by atoms with Crippen molar-refractivity contribution in [1.82, 2.24) is 4.98 Å². The smallest absolute Gasteiger partial charge is 0.263 e. The molecule has 13 heteroatoms. The Morgan fingerprint density at radius 2 is 1.27 bits per heavy atom. The summed E-state index contributed by atoms with van der Waals surface area (Å²) in [4.78, 5) is 26.2. The molecule has 2 N–H and O–H groups in total. The van der Waals surface area contributed by atoms with Crippen LogP contribution in [0.25, 0.3) is 45.1 Å². The van der Waals surface area contributed by atoms with Gasteiger partial charge in [-0.05, 0) is 0 Å². The van der Waals surface area contributed by atoms with E-state index in [-0.39, 0.29) is 49.8 Å². The van der Waals surface area contributed by atoms with Crippen molar-refractivity contribution >= 4 is 22.2 Å². The minimum Gasteiger partial charge on any atom is -0.618 e. The van der Waals surface area contributed by atoms with Gasteiger partial charge in [0, 0.05) is 36.4 Å². The molecule has 0 fully saturated rings. The molecule has 9 nitrogen and oxygen atoms in total. The summed E-state index contributed by atoms with van der Waals surface area (Å²) in [5.41, 5.74) is -2.00. The molecule has 0 saturated heterocycles. The SMILES string of the molecule is O=c1cc2oc3cc(O)c(F)cc3[n+]([O-])c-2cc1F.O=c1cc2oc3cc(O)c(F)cc3nc-2cc1F. The Kier molecular flexibility index (Phi) is 5.39. The molecule has 0 saturated carbocycles. The Hall–Kier alpha value is -5.20. The van der Waals surface area contributed by atoms with Crippen LogP contribution in [0.5, 0.6) is 11.5 Å². The molecule has 0 spiro atoms. The van der Waals surface area contributed by atoms with Gasteiger partial charge in [-0.25, -0.2) is 22.5 Å². The van der Waals surface area contributed by atoms with Crippen LogP contribution in [0.3, 0.4) is 0 Å². The first-order valence-corrected chi connectivity index (χ1v) is 10.1. The number of rotatable bonds is 0. The van der Waals surface area contributed by atoms with E-state index in [1.54, 1.807) is 0 Å². The Morgan fingerprint density at radius 1 is 0.703 bits per heavy atom. The van der Waals surface area contributed by atoms with Gasteiger partial charge in [0.15, 0.2) is 46.1 Å². The first-order chi connectivity index (χ1) is 17.5. The number of fused-ring (bicyclic) bond motifs is 4. The predicted molar refractivity (Wildman–Crippen MR) is 118 cm³/mol. The standard InChI is InChI=1S/C12H5F2NO4.C12H5F2NO3/c13-5-1-7-11(3-9(5)16)19-12-4-10(17)6(14)2-8(12)15(7)18;13-5-1-7-11(3-9(5)16)18-12-4-10(17)6(14)2-8(12)15-7/h1-4,16H;1-4,16H. The molecule has 2 aliphatic heterocycles. The Bertz CT molecular complexity index is 1920. The maximum Gasteiger partial charge on any atom is 0.263 e. The van der Waals surface area contributed by atoms with Crippen molar-refractivity contribution in [2.45, 2.75) is 0 Å². The van der Waals surface area contributed by atoms with Crippen LogP contribution in [-0.4, -0.2) is 15.2 Å². The van der Waals surface area contributed by atoms with Crippen molar-refractivity contribution in [3.63, 3.8) is 0 Å². The molecule has 0 unspecified atom stereocenters. The van der Waals surface area contributed by atoms with Gasteiger partial charge in [0.05, 0.1) is 12.1 Å². The van der Waals surface area contributed by atoms with Gasteiger partial charge in [0.25, 0.3) is 11.2 Å². The lowest BCUT2D eigenvalue weighted by Gasteiger charge is -2.09. The van der Waals surface area contributed by atoms with E-state index in [1.807, 2.05) is 0 Å². The van der Waals surface area contributed by atoms with Crippen LogP contribution in [0, 0.1) is 28.5 Å². The van der Waals surface area contributed by atoms with Crippen molar-refractivity contribution in [2.24, 2.45) is 0 Å². The van der Waals surface area contributed by atoms with Crippen LogP contribution in [0.2, 0.25) is 0 Å². The van der Waals surface area contributed by atoms with Gasteiger partial charge in [-0.15, -0.1) is 0 Å². The van der Waals surface area contributed by atoms with Crippen LogP contribution < -0.4 is 15.6 Å². The summed E-state index contributed by atoms with van der Waals surface area (Å²) < 4.78 is 63.3. The van der Waals surface area contributed by atoms with Crippen molar-refractivity contribution in [1.29, 1.82) is 0 Å². The molecule has 2 aromatic carbocycles. The number of aromatic nitrogens is 2. The molecule has 0 radical (unpaired) electrons. The molecule has 0 bridgehead atoms. The van der Waals surface area contributed by atoms with E-state index < -0.39 is 45.6 Å². The summed E-state index contributed by atoms with van der Waals surface area (Å²) in [5.74, 6) is -5.29. The zero-order valence-corrected chi connectivity index (χ0v) is 18.0. The summed E-state index contributed by atoms with van der Waals surface area (Å²) in [7, 11) is 0. The molecule has 4 aliphatic rings. The summed E-state index contributed by atoms with van der Waals surface area (Å²) in [6.07, 6.45) is 0. The number of phenols is 2.